The molecule has 2 saturated heterocycles. The summed E-state index contributed by atoms with van der Waals surface area (Å²) >= 11 is 3.19. The van der Waals surface area contributed by atoms with Crippen LogP contribution in [0.15, 0.2) is 11.1 Å². The second-order valence-electron chi connectivity index (χ2n) is 8.13. The van der Waals surface area contributed by atoms with Crippen LogP contribution >= 0.6 is 31.6 Å². The van der Waals surface area contributed by atoms with Crippen molar-refractivity contribution in [1.29, 1.82) is 5.41 Å². The van der Waals surface area contributed by atoms with Gasteiger partial charge in [-0.3, -0.25) is 23.6 Å². The summed E-state index contributed by atoms with van der Waals surface area (Å²) in [7, 11) is -10.5. The van der Waals surface area contributed by atoms with E-state index in [1.165, 1.54) is 4.57 Å². The normalized spacial score (nSPS) is 43.8. The van der Waals surface area contributed by atoms with Gasteiger partial charge in [0, 0.05) is 0 Å². The summed E-state index contributed by atoms with van der Waals surface area (Å²) in [4.78, 5) is 28.1. The van der Waals surface area contributed by atoms with Crippen molar-refractivity contribution in [2.24, 2.45) is 0 Å². The summed E-state index contributed by atoms with van der Waals surface area (Å²) in [6.07, 6.45) is -11.1. The molecule has 4 aliphatic rings. The van der Waals surface area contributed by atoms with Crippen LogP contribution in [0.3, 0.4) is 0 Å². The van der Waals surface area contributed by atoms with Crippen LogP contribution in [0.5, 0.6) is 0 Å². The van der Waals surface area contributed by atoms with E-state index in [2.05, 4.69) is 39.3 Å². The number of hydrogen-bond donors (Lipinski definition) is 7. The van der Waals surface area contributed by atoms with Crippen LogP contribution in [-0.2, 0) is 32.0 Å². The highest BCUT2D eigenvalue weighted by Crippen LogP contribution is 2.60. The summed E-state index contributed by atoms with van der Waals surface area (Å²) in [6, 6.07) is 0. The topological polar surface area (TPSA) is 261 Å². The van der Waals surface area contributed by atoms with Gasteiger partial charge in [-0.25, -0.2) is 19.1 Å². The van der Waals surface area contributed by atoms with Gasteiger partial charge in [0.05, 0.1) is 13.2 Å². The smallest absolute Gasteiger partial charge is 0.387 e. The molecular formula is C15H20BrN5O13P2. The van der Waals surface area contributed by atoms with Crippen LogP contribution in [0.1, 0.15) is 12.5 Å². The monoisotopic (exact) mass is 619 g/mol. The van der Waals surface area contributed by atoms with Crippen LogP contribution in [0, 0.1) is 5.41 Å². The molecule has 8 bridgehead atoms. The van der Waals surface area contributed by atoms with Crippen LogP contribution in [0.4, 0.5) is 0 Å². The number of aliphatic hydroxyl groups is 4. The minimum absolute atomic E-state index is 0.0207. The maximum atomic E-state index is 12.2. The molecule has 21 heteroatoms. The second-order valence-corrected chi connectivity index (χ2v) is 11.9. The molecule has 2 unspecified atom stereocenters. The number of fused-ring (bicyclic) bond motifs is 7. The largest absolute Gasteiger partial charge is 0.481 e. The lowest BCUT2D eigenvalue weighted by atomic mass is 10.1. The zero-order valence-corrected chi connectivity index (χ0v) is 21.1. The van der Waals surface area contributed by atoms with Gasteiger partial charge in [-0.2, -0.15) is 4.31 Å². The summed E-state index contributed by atoms with van der Waals surface area (Å²) < 4.78 is 51.3. The fourth-order valence-electron chi connectivity index (χ4n) is 4.08. The van der Waals surface area contributed by atoms with E-state index in [0.29, 0.717) is 0 Å². The van der Waals surface area contributed by atoms with Gasteiger partial charge < -0.3 is 39.7 Å². The van der Waals surface area contributed by atoms with E-state index in [4.69, 9.17) is 14.9 Å². The van der Waals surface area contributed by atoms with Gasteiger partial charge in [-0.15, -0.1) is 0 Å². The number of halogens is 1. The molecule has 7 N–H and O–H groups in total. The third-order valence-electron chi connectivity index (χ3n) is 5.84. The SMILES string of the molecule is N=c1c2nc(Br)n3c2ncn1[C@H]1O[C@@H](COP(=O)(O)OP(=O)(O)OC[C@H]2O[C@@H]3[C@H](O)[C@@H]2O)[C@H](O)[C@@H]1O. The molecule has 6 heterocycles. The third-order valence-corrected chi connectivity index (χ3v) is 9.00. The fourth-order valence-corrected chi connectivity index (χ4v) is 6.72. The van der Waals surface area contributed by atoms with Crippen molar-refractivity contribution in [3.63, 3.8) is 0 Å². The van der Waals surface area contributed by atoms with Crippen molar-refractivity contribution in [2.75, 3.05) is 13.2 Å². The lowest BCUT2D eigenvalue weighted by Crippen LogP contribution is -2.36. The predicted molar refractivity (Wildman–Crippen MR) is 114 cm³/mol. The van der Waals surface area contributed by atoms with Crippen LogP contribution in [-0.4, -0.2) is 99.2 Å². The molecule has 2 fully saturated rings. The molecule has 2 aromatic heterocycles. The molecule has 36 heavy (non-hydrogen) atoms. The van der Waals surface area contributed by atoms with Crippen molar-refractivity contribution in [1.82, 2.24) is 19.1 Å². The Morgan fingerprint density at radius 3 is 2.06 bits per heavy atom. The molecule has 4 aliphatic heterocycles. The van der Waals surface area contributed by atoms with Crippen molar-refractivity contribution in [3.8, 4) is 0 Å². The Kier molecular flexibility index (Phi) is 6.80. The molecule has 0 aromatic carbocycles. The van der Waals surface area contributed by atoms with Gasteiger partial charge >= 0.3 is 15.6 Å². The number of hydrogen-bond acceptors (Lipinski definition) is 14. The first-order valence-electron chi connectivity index (χ1n) is 10.2. The zero-order valence-electron chi connectivity index (χ0n) is 17.7. The van der Waals surface area contributed by atoms with Gasteiger partial charge in [0.15, 0.2) is 33.8 Å². The molecule has 0 saturated carbocycles. The first-order chi connectivity index (χ1) is 16.8. The molecule has 10 atom stereocenters. The number of ether oxygens (including phenoxy) is 2. The molecule has 0 spiro atoms. The average molecular weight is 620 g/mol. The van der Waals surface area contributed by atoms with E-state index in [9.17, 15) is 39.3 Å². The van der Waals surface area contributed by atoms with E-state index in [-0.39, 0.29) is 21.4 Å². The number of rotatable bonds is 0. The minimum atomic E-state index is -5.27. The van der Waals surface area contributed by atoms with Gasteiger partial charge in [0.25, 0.3) is 0 Å². The fraction of sp³-hybridized carbons (Fsp3) is 0.667. The van der Waals surface area contributed by atoms with Gasteiger partial charge in [0.2, 0.25) is 0 Å². The lowest BCUT2D eigenvalue weighted by Gasteiger charge is -2.21. The summed E-state index contributed by atoms with van der Waals surface area (Å²) in [6.45, 7) is -1.73. The Morgan fingerprint density at radius 1 is 0.944 bits per heavy atom. The van der Waals surface area contributed by atoms with Gasteiger partial charge in [-0.05, 0) is 15.9 Å². The molecule has 18 nitrogen and oxygen atoms in total. The Bertz CT molecular complexity index is 1340. The summed E-state index contributed by atoms with van der Waals surface area (Å²) in [5, 5.41) is 50.3. The number of nitrogens with zero attached hydrogens (tertiary/aromatic N) is 4. The molecule has 2 aromatic rings. The van der Waals surface area contributed by atoms with Crippen molar-refractivity contribution in [3.05, 3.63) is 16.5 Å². The first-order valence-corrected chi connectivity index (χ1v) is 14.0. The number of aromatic nitrogens is 4. The van der Waals surface area contributed by atoms with Gasteiger partial charge in [-0.1, -0.05) is 0 Å². The number of phosphoric ester groups is 2. The van der Waals surface area contributed by atoms with Crippen LogP contribution in [0.25, 0.3) is 11.2 Å². The average Bonchev–Trinajstić information content (AvgIpc) is 3.37. The highest BCUT2D eigenvalue weighted by atomic mass is 79.9. The van der Waals surface area contributed by atoms with Crippen molar-refractivity contribution in [2.45, 2.75) is 49.1 Å². The molecule has 6 rings (SSSR count). The lowest BCUT2D eigenvalue weighted by molar-refractivity contribution is -0.0567. The van der Waals surface area contributed by atoms with E-state index in [1.807, 2.05) is 0 Å². The van der Waals surface area contributed by atoms with E-state index in [1.54, 1.807) is 0 Å². The van der Waals surface area contributed by atoms with E-state index in [0.717, 1.165) is 10.9 Å². The zero-order chi connectivity index (χ0) is 26.2. The Labute approximate surface area is 208 Å². The quantitative estimate of drug-likeness (QED) is 0.124. The van der Waals surface area contributed by atoms with Crippen molar-refractivity contribution < 1.29 is 62.2 Å². The Hall–Kier alpha value is -1.15. The number of phosphoric acid groups is 2. The minimum Gasteiger partial charge on any atom is -0.387 e. The molecular weight excluding hydrogens is 600 g/mol. The molecule has 0 amide bonds. The van der Waals surface area contributed by atoms with Crippen LogP contribution in [0.2, 0.25) is 0 Å². The molecule has 0 aliphatic carbocycles. The highest BCUT2D eigenvalue weighted by Gasteiger charge is 2.49. The highest BCUT2D eigenvalue weighted by molar-refractivity contribution is 9.10. The standard InChI is InChI=1S/C15H20BrN5O13P2/c16-15-19-6-11(17)20-3-18-12(6)21(15)14-10(25)8(23)5(33-14)2-31-36(28,29)34-35(26,27)30-1-4-7(22)9(24)13(20)32-4/h3-5,7-10,13-14,17,22-25H,1-2H2,(H,26,27)(H,28,29)/t4-,5+,7-,8+,9-,10+,13-,14+/m0/s1. The second kappa shape index (κ2) is 9.25. The Morgan fingerprint density at radius 2 is 1.47 bits per heavy atom. The summed E-state index contributed by atoms with van der Waals surface area (Å²) in [5.41, 5.74) is -0.357. The van der Waals surface area contributed by atoms with E-state index < -0.39 is 77.9 Å². The maximum absolute atomic E-state index is 12.2. The number of imidazole rings is 1. The molecule has 200 valence electrons. The number of nitrogens with one attached hydrogen (secondary N) is 1. The first kappa shape index (κ1) is 26.5. The Balaban J connectivity index is 1.61. The maximum Gasteiger partial charge on any atom is 0.481 e. The van der Waals surface area contributed by atoms with E-state index >= 15 is 0 Å². The predicted octanol–water partition coefficient (Wildman–Crippen LogP) is -2.02. The van der Waals surface area contributed by atoms with Crippen molar-refractivity contribution >= 4 is 42.7 Å². The molecule has 0 radical (unpaired) electrons. The summed E-state index contributed by atoms with van der Waals surface area (Å²) in [5.74, 6) is 0. The third kappa shape index (κ3) is 4.52. The van der Waals surface area contributed by atoms with Gasteiger partial charge in [0.1, 0.15) is 43.0 Å². The number of aliphatic hydroxyl groups excluding tert-OH is 4. The van der Waals surface area contributed by atoms with Crippen LogP contribution < -0.4 is 5.49 Å².